The molecule has 1 aliphatic rings. The summed E-state index contributed by atoms with van der Waals surface area (Å²) in [5.41, 5.74) is 5.33. The van der Waals surface area contributed by atoms with Crippen LogP contribution in [0.3, 0.4) is 0 Å². The van der Waals surface area contributed by atoms with Crippen LogP contribution in [0.5, 0.6) is 0 Å². The number of hydrogen-bond donors (Lipinski definition) is 1. The highest BCUT2D eigenvalue weighted by Gasteiger charge is 2.35. The molecule has 1 aromatic rings. The molecule has 1 aliphatic heterocycles. The Morgan fingerprint density at radius 2 is 1.96 bits per heavy atom. The molecule has 1 saturated heterocycles. The van der Waals surface area contributed by atoms with Crippen LogP contribution in [0, 0.1) is 11.8 Å². The molecule has 0 radical (unpaired) electrons. The van der Waals surface area contributed by atoms with E-state index in [-0.39, 0.29) is 23.4 Å². The van der Waals surface area contributed by atoms with Crippen LogP contribution in [0.1, 0.15) is 65.7 Å². The number of amides is 1. The third kappa shape index (κ3) is 3.71. The number of nitrogens with zero attached hydrogens (tertiary/aromatic N) is 5. The van der Waals surface area contributed by atoms with Crippen molar-refractivity contribution in [1.82, 2.24) is 25.1 Å². The lowest BCUT2D eigenvalue weighted by molar-refractivity contribution is -0.123. The topological polar surface area (TPSA) is 89.9 Å². The molecule has 130 valence electrons. The zero-order valence-electron chi connectivity index (χ0n) is 15.0. The maximum atomic E-state index is 11.4. The van der Waals surface area contributed by atoms with Gasteiger partial charge in [0.05, 0.1) is 11.6 Å². The molecular weight excluding hydrogens is 292 g/mol. The van der Waals surface area contributed by atoms with Crippen molar-refractivity contribution in [3.8, 4) is 0 Å². The van der Waals surface area contributed by atoms with Gasteiger partial charge in [0.15, 0.2) is 5.82 Å². The number of aromatic nitrogens is 4. The second-order valence-electron chi connectivity index (χ2n) is 7.52. The van der Waals surface area contributed by atoms with Crippen molar-refractivity contribution in [2.24, 2.45) is 17.6 Å². The van der Waals surface area contributed by atoms with Gasteiger partial charge in [-0.05, 0) is 62.5 Å². The van der Waals surface area contributed by atoms with E-state index in [0.29, 0.717) is 5.92 Å². The van der Waals surface area contributed by atoms with E-state index in [1.54, 1.807) is 0 Å². The average Bonchev–Trinajstić information content (AvgIpc) is 2.97. The Labute approximate surface area is 138 Å². The van der Waals surface area contributed by atoms with Gasteiger partial charge in [-0.3, -0.25) is 9.69 Å². The average molecular weight is 322 g/mol. The normalized spacial score (nSPS) is 19.2. The molecule has 0 saturated carbocycles. The molecule has 2 heterocycles. The monoisotopic (exact) mass is 322 g/mol. The quantitative estimate of drug-likeness (QED) is 0.861. The zero-order chi connectivity index (χ0) is 17.2. The van der Waals surface area contributed by atoms with Crippen LogP contribution in [0.15, 0.2) is 0 Å². The van der Waals surface area contributed by atoms with E-state index in [0.717, 1.165) is 38.2 Å². The molecule has 0 unspecified atom stereocenters. The minimum Gasteiger partial charge on any atom is -0.369 e. The molecule has 1 atom stereocenters. The molecule has 0 aliphatic carbocycles. The summed E-state index contributed by atoms with van der Waals surface area (Å²) in [4.78, 5) is 13.8. The largest absolute Gasteiger partial charge is 0.369 e. The molecule has 0 spiro atoms. The van der Waals surface area contributed by atoms with Crippen LogP contribution >= 0.6 is 0 Å². The maximum absolute atomic E-state index is 11.4. The number of nitrogens with two attached hydrogens (primary N) is 1. The van der Waals surface area contributed by atoms with E-state index in [1.165, 1.54) is 0 Å². The lowest BCUT2D eigenvalue weighted by Crippen LogP contribution is -2.43. The van der Waals surface area contributed by atoms with Crippen LogP contribution < -0.4 is 5.73 Å². The van der Waals surface area contributed by atoms with E-state index >= 15 is 0 Å². The van der Waals surface area contributed by atoms with Crippen molar-refractivity contribution >= 4 is 5.91 Å². The predicted molar refractivity (Wildman–Crippen MR) is 88.5 cm³/mol. The molecule has 1 fully saturated rings. The van der Waals surface area contributed by atoms with Gasteiger partial charge in [0.2, 0.25) is 5.91 Å². The molecule has 2 N–H and O–H groups in total. The molecule has 7 nitrogen and oxygen atoms in total. The minimum absolute atomic E-state index is 0.00198. The summed E-state index contributed by atoms with van der Waals surface area (Å²) < 4.78 is 1.97. The first-order valence-corrected chi connectivity index (χ1v) is 8.60. The summed E-state index contributed by atoms with van der Waals surface area (Å²) in [7, 11) is 0. The second kappa shape index (κ2) is 6.95. The third-order valence-corrected chi connectivity index (χ3v) is 5.15. The molecule has 2 rings (SSSR count). The van der Waals surface area contributed by atoms with Gasteiger partial charge in [-0.1, -0.05) is 20.8 Å². The summed E-state index contributed by atoms with van der Waals surface area (Å²) in [6.07, 6.45) is 2.59. The molecular formula is C16H30N6O. The lowest BCUT2D eigenvalue weighted by Gasteiger charge is -2.39. The Kier molecular flexibility index (Phi) is 5.39. The van der Waals surface area contributed by atoms with E-state index in [4.69, 9.17) is 5.73 Å². The standard InChI is InChI=1S/C16H30N6O/c1-6-16(4,5)22-15(18-19-20-22)13(11(2)3)21-9-7-12(8-10-21)14(17)23/h11-13H,6-10H2,1-5H3,(H2,17,23)/t13-/m1/s1. The fourth-order valence-electron chi connectivity index (χ4n) is 3.30. The van der Waals surface area contributed by atoms with Gasteiger partial charge < -0.3 is 5.73 Å². The van der Waals surface area contributed by atoms with Gasteiger partial charge >= 0.3 is 0 Å². The number of carbonyl (C=O) groups excluding carboxylic acids is 1. The molecule has 7 heteroatoms. The Bertz CT molecular complexity index is 530. The van der Waals surface area contributed by atoms with Crippen LogP contribution in [-0.2, 0) is 10.3 Å². The predicted octanol–water partition coefficient (Wildman–Crippen LogP) is 1.71. The summed E-state index contributed by atoms with van der Waals surface area (Å²) in [6, 6.07) is 0.157. The van der Waals surface area contributed by atoms with Crippen molar-refractivity contribution < 1.29 is 4.79 Å². The van der Waals surface area contributed by atoms with Crippen molar-refractivity contribution in [3.05, 3.63) is 5.82 Å². The van der Waals surface area contributed by atoms with Crippen LogP contribution in [0.4, 0.5) is 0 Å². The third-order valence-electron chi connectivity index (χ3n) is 5.15. The first kappa shape index (κ1) is 17.8. The van der Waals surface area contributed by atoms with E-state index in [1.807, 2.05) is 4.68 Å². The van der Waals surface area contributed by atoms with Gasteiger partial charge in [-0.2, -0.15) is 0 Å². The fourth-order valence-corrected chi connectivity index (χ4v) is 3.30. The Morgan fingerprint density at radius 3 is 2.43 bits per heavy atom. The summed E-state index contributed by atoms with van der Waals surface area (Å²) >= 11 is 0. The van der Waals surface area contributed by atoms with Crippen molar-refractivity contribution in [3.63, 3.8) is 0 Å². The number of tetrazole rings is 1. The van der Waals surface area contributed by atoms with Crippen LogP contribution in [0.25, 0.3) is 0 Å². The van der Waals surface area contributed by atoms with Crippen LogP contribution in [-0.4, -0.2) is 44.1 Å². The van der Waals surface area contributed by atoms with Gasteiger partial charge in [0, 0.05) is 5.92 Å². The van der Waals surface area contributed by atoms with Gasteiger partial charge in [0.1, 0.15) is 0 Å². The summed E-state index contributed by atoms with van der Waals surface area (Å²) in [6.45, 7) is 12.6. The van der Waals surface area contributed by atoms with Crippen molar-refractivity contribution in [2.75, 3.05) is 13.1 Å². The van der Waals surface area contributed by atoms with Crippen LogP contribution in [0.2, 0.25) is 0 Å². The molecule has 0 bridgehead atoms. The van der Waals surface area contributed by atoms with Crippen molar-refractivity contribution in [2.45, 2.75) is 65.5 Å². The summed E-state index contributed by atoms with van der Waals surface area (Å²) in [5.74, 6) is 1.13. The number of piperidine rings is 1. The number of primary amides is 1. The molecule has 1 aromatic heterocycles. The summed E-state index contributed by atoms with van der Waals surface area (Å²) in [5, 5.41) is 12.5. The van der Waals surface area contributed by atoms with Gasteiger partial charge in [-0.25, -0.2) is 4.68 Å². The molecule has 1 amide bonds. The first-order chi connectivity index (χ1) is 10.8. The Hall–Kier alpha value is -1.50. The SMILES string of the molecule is CCC(C)(C)n1nnnc1[C@@H](C(C)C)N1CCC(C(N)=O)CC1. The second-order valence-corrected chi connectivity index (χ2v) is 7.52. The number of carbonyl (C=O) groups is 1. The maximum Gasteiger partial charge on any atom is 0.220 e. The van der Waals surface area contributed by atoms with E-state index < -0.39 is 0 Å². The molecule has 0 aromatic carbocycles. The highest BCUT2D eigenvalue weighted by atomic mass is 16.1. The highest BCUT2D eigenvalue weighted by molar-refractivity contribution is 5.76. The Morgan fingerprint density at radius 1 is 1.35 bits per heavy atom. The van der Waals surface area contributed by atoms with Gasteiger partial charge in [-0.15, -0.1) is 5.10 Å². The Balaban J connectivity index is 2.24. The van der Waals surface area contributed by atoms with E-state index in [2.05, 4.69) is 55.0 Å². The lowest BCUT2D eigenvalue weighted by atomic mass is 9.92. The highest BCUT2D eigenvalue weighted by Crippen LogP contribution is 2.33. The smallest absolute Gasteiger partial charge is 0.220 e. The zero-order valence-corrected chi connectivity index (χ0v) is 15.0. The number of rotatable bonds is 6. The minimum atomic E-state index is -0.178. The number of hydrogen-bond acceptors (Lipinski definition) is 5. The van der Waals surface area contributed by atoms with E-state index in [9.17, 15) is 4.79 Å². The molecule has 23 heavy (non-hydrogen) atoms. The fraction of sp³-hybridized carbons (Fsp3) is 0.875. The van der Waals surface area contributed by atoms with Gasteiger partial charge in [0.25, 0.3) is 0 Å². The first-order valence-electron chi connectivity index (χ1n) is 8.60. The van der Waals surface area contributed by atoms with Crippen molar-refractivity contribution in [1.29, 1.82) is 0 Å². The number of likely N-dealkylation sites (tertiary alicyclic amines) is 1.